The van der Waals surface area contributed by atoms with Gasteiger partial charge in [0.25, 0.3) is 0 Å². The van der Waals surface area contributed by atoms with Crippen molar-refractivity contribution < 1.29 is 0 Å². The van der Waals surface area contributed by atoms with Crippen molar-refractivity contribution in [2.75, 3.05) is 4.90 Å². The van der Waals surface area contributed by atoms with E-state index in [-0.39, 0.29) is 0 Å². The van der Waals surface area contributed by atoms with E-state index in [0.29, 0.717) is 0 Å². The molecule has 0 unspecified atom stereocenters. The number of benzene rings is 10. The van der Waals surface area contributed by atoms with E-state index in [9.17, 15) is 0 Å². The van der Waals surface area contributed by atoms with E-state index < -0.39 is 0 Å². The van der Waals surface area contributed by atoms with Gasteiger partial charge in [0.05, 0.1) is 0 Å². The maximum Gasteiger partial charge on any atom is 0.0464 e. The van der Waals surface area contributed by atoms with Crippen LogP contribution in [0.25, 0.3) is 77.9 Å². The van der Waals surface area contributed by atoms with E-state index in [1.807, 2.05) is 0 Å². The average Bonchev–Trinajstić information content (AvgIpc) is 3.28. The van der Waals surface area contributed by atoms with E-state index in [0.717, 1.165) is 17.1 Å². The Labute approximate surface area is 346 Å². The Hall–Kier alpha value is -7.48. The van der Waals surface area contributed by atoms with Crippen LogP contribution in [0.15, 0.2) is 212 Å². The molecule has 0 fully saturated rings. The fraction of sp³-hybridized carbons (Fsp3) is 0.0345. The summed E-state index contributed by atoms with van der Waals surface area (Å²) in [6.07, 6.45) is 4.48. The average molecular weight is 754 g/mol. The predicted molar refractivity (Wildman–Crippen MR) is 255 cm³/mol. The molecule has 0 N–H and O–H groups in total. The van der Waals surface area contributed by atoms with Gasteiger partial charge in [-0.05, 0) is 138 Å². The summed E-state index contributed by atoms with van der Waals surface area (Å²) in [7, 11) is 0. The molecular formula is C58H43N. The van der Waals surface area contributed by atoms with Crippen molar-refractivity contribution in [2.45, 2.75) is 13.8 Å². The summed E-state index contributed by atoms with van der Waals surface area (Å²) in [5.74, 6) is 0. The lowest BCUT2D eigenvalue weighted by atomic mass is 9.86. The van der Waals surface area contributed by atoms with Crippen LogP contribution in [-0.2, 0) is 0 Å². The number of hydrogen-bond donors (Lipinski definition) is 0. The lowest BCUT2D eigenvalue weighted by Gasteiger charge is -2.26. The van der Waals surface area contributed by atoms with Crippen molar-refractivity contribution in [2.24, 2.45) is 0 Å². The van der Waals surface area contributed by atoms with E-state index in [4.69, 9.17) is 0 Å². The molecule has 0 aromatic heterocycles. The van der Waals surface area contributed by atoms with Crippen LogP contribution in [0.2, 0.25) is 0 Å². The zero-order valence-electron chi connectivity index (χ0n) is 33.3. The molecule has 280 valence electrons. The Bertz CT molecular complexity index is 3050. The van der Waals surface area contributed by atoms with Crippen LogP contribution >= 0.6 is 0 Å². The monoisotopic (exact) mass is 753 g/mol. The van der Waals surface area contributed by atoms with Crippen LogP contribution in [-0.4, -0.2) is 0 Å². The molecule has 1 heteroatoms. The molecule has 0 aliphatic heterocycles. The number of aryl methyl sites for hydroxylation is 2. The molecule has 0 aliphatic rings. The van der Waals surface area contributed by atoms with Gasteiger partial charge in [0.2, 0.25) is 0 Å². The molecule has 0 spiro atoms. The zero-order chi connectivity index (χ0) is 39.7. The van der Waals surface area contributed by atoms with Gasteiger partial charge in [-0.1, -0.05) is 188 Å². The first-order chi connectivity index (χ1) is 29.1. The molecule has 1 nitrogen and oxygen atoms in total. The third-order valence-electron chi connectivity index (χ3n) is 11.6. The first kappa shape index (κ1) is 35.9. The summed E-state index contributed by atoms with van der Waals surface area (Å²) in [6.45, 7) is 4.31. The Kier molecular flexibility index (Phi) is 9.41. The topological polar surface area (TPSA) is 3.24 Å². The summed E-state index contributed by atoms with van der Waals surface area (Å²) in [4.78, 5) is 2.35. The van der Waals surface area contributed by atoms with Gasteiger partial charge in [0, 0.05) is 17.1 Å². The lowest BCUT2D eigenvalue weighted by Crippen LogP contribution is -2.10. The van der Waals surface area contributed by atoms with Crippen molar-refractivity contribution in [3.05, 3.63) is 235 Å². The second kappa shape index (κ2) is 15.5. The quantitative estimate of drug-likeness (QED) is 0.110. The van der Waals surface area contributed by atoms with Gasteiger partial charge < -0.3 is 4.90 Å². The summed E-state index contributed by atoms with van der Waals surface area (Å²) in [5, 5.41) is 7.51. The van der Waals surface area contributed by atoms with Crippen molar-refractivity contribution in [1.82, 2.24) is 0 Å². The van der Waals surface area contributed by atoms with E-state index in [1.54, 1.807) is 0 Å². The van der Waals surface area contributed by atoms with Crippen LogP contribution in [0.5, 0.6) is 0 Å². The van der Waals surface area contributed by atoms with Crippen LogP contribution in [0.3, 0.4) is 0 Å². The molecule has 0 aliphatic carbocycles. The summed E-state index contributed by atoms with van der Waals surface area (Å²) >= 11 is 0. The van der Waals surface area contributed by atoms with Crippen LogP contribution < -0.4 is 4.90 Å². The highest BCUT2D eigenvalue weighted by molar-refractivity contribution is 6.21. The van der Waals surface area contributed by atoms with Gasteiger partial charge in [-0.15, -0.1) is 0 Å². The second-order valence-electron chi connectivity index (χ2n) is 15.5. The molecule has 0 bridgehead atoms. The zero-order valence-corrected chi connectivity index (χ0v) is 33.3. The summed E-state index contributed by atoms with van der Waals surface area (Å²) < 4.78 is 0. The number of fused-ring (bicyclic) bond motifs is 3. The molecule has 0 atom stereocenters. The molecule has 0 radical (unpaired) electrons. The fourth-order valence-corrected chi connectivity index (χ4v) is 8.79. The SMILES string of the molecule is Cc1cccc(N(c2ccc(-c3c4ccccc4c(-c4ccc(C=Cc5ccc(-c6ccccc6)c6ccccc56)cc4)c4ccccc34)cc2)c2cccc(C)c2)c1. The van der Waals surface area contributed by atoms with Crippen molar-refractivity contribution in [3.8, 4) is 33.4 Å². The minimum atomic E-state index is 1.13. The van der Waals surface area contributed by atoms with Gasteiger partial charge >= 0.3 is 0 Å². The van der Waals surface area contributed by atoms with Gasteiger partial charge in [0.15, 0.2) is 0 Å². The molecule has 0 saturated carbocycles. The summed E-state index contributed by atoms with van der Waals surface area (Å²) in [6, 6.07) is 77.3. The minimum absolute atomic E-state index is 1.13. The second-order valence-corrected chi connectivity index (χ2v) is 15.5. The van der Waals surface area contributed by atoms with Gasteiger partial charge in [-0.2, -0.15) is 0 Å². The molecule has 10 aromatic carbocycles. The van der Waals surface area contributed by atoms with Crippen LogP contribution in [0.4, 0.5) is 17.1 Å². The molecule has 0 amide bonds. The van der Waals surface area contributed by atoms with Gasteiger partial charge in [-0.3, -0.25) is 0 Å². The molecule has 59 heavy (non-hydrogen) atoms. The Morgan fingerprint density at radius 2 is 0.797 bits per heavy atom. The largest absolute Gasteiger partial charge is 0.310 e. The lowest BCUT2D eigenvalue weighted by molar-refractivity contribution is 1.26. The van der Waals surface area contributed by atoms with Crippen LogP contribution in [0, 0.1) is 13.8 Å². The normalized spacial score (nSPS) is 11.5. The highest BCUT2D eigenvalue weighted by Crippen LogP contribution is 2.45. The fourth-order valence-electron chi connectivity index (χ4n) is 8.79. The highest BCUT2D eigenvalue weighted by atomic mass is 15.1. The van der Waals surface area contributed by atoms with E-state index >= 15 is 0 Å². The maximum absolute atomic E-state index is 2.35. The third-order valence-corrected chi connectivity index (χ3v) is 11.6. The Balaban J connectivity index is 1.02. The van der Waals surface area contributed by atoms with E-state index in [1.165, 1.54) is 88.0 Å². The van der Waals surface area contributed by atoms with Crippen LogP contribution in [0.1, 0.15) is 22.3 Å². The molecular weight excluding hydrogens is 711 g/mol. The smallest absolute Gasteiger partial charge is 0.0464 e. The standard InChI is InChI=1S/C58H43N/c1-40-14-12-18-48(38-40)59(49-19-13-15-41(2)39-49)47-35-32-46(33-36-47)58-55-24-10-8-22-53(55)57(54-23-9-11-25-56(54)58)45-30-27-42(28-31-45)26-29-44-34-37-51(43-16-4-3-5-17-43)52-21-7-6-20-50(44)52/h3-39H,1-2H3. The molecule has 0 saturated heterocycles. The van der Waals surface area contributed by atoms with E-state index in [2.05, 4.69) is 243 Å². The predicted octanol–water partition coefficient (Wildman–Crippen LogP) is 16.4. The van der Waals surface area contributed by atoms with Crippen molar-refractivity contribution in [1.29, 1.82) is 0 Å². The molecule has 0 heterocycles. The number of anilines is 3. The maximum atomic E-state index is 2.35. The van der Waals surface area contributed by atoms with Crippen molar-refractivity contribution >= 4 is 61.5 Å². The van der Waals surface area contributed by atoms with Crippen molar-refractivity contribution in [3.63, 3.8) is 0 Å². The van der Waals surface area contributed by atoms with Gasteiger partial charge in [0.1, 0.15) is 0 Å². The molecule has 10 aromatic rings. The number of hydrogen-bond acceptors (Lipinski definition) is 1. The minimum Gasteiger partial charge on any atom is -0.310 e. The first-order valence-corrected chi connectivity index (χ1v) is 20.4. The third kappa shape index (κ3) is 6.88. The Morgan fingerprint density at radius 1 is 0.322 bits per heavy atom. The number of nitrogens with zero attached hydrogens (tertiary/aromatic N) is 1. The van der Waals surface area contributed by atoms with Gasteiger partial charge in [-0.25, -0.2) is 0 Å². The highest BCUT2D eigenvalue weighted by Gasteiger charge is 2.18. The molecule has 10 rings (SSSR count). The first-order valence-electron chi connectivity index (χ1n) is 20.4. The summed E-state index contributed by atoms with van der Waals surface area (Å²) in [5.41, 5.74) is 15.7. The Morgan fingerprint density at radius 3 is 1.32 bits per heavy atom. The number of rotatable bonds is 8.